The molecule has 1 aromatic rings. The molecule has 1 aliphatic heterocycles. The third kappa shape index (κ3) is 5.89. The summed E-state index contributed by atoms with van der Waals surface area (Å²) in [5.74, 6) is 2.38. The van der Waals surface area contributed by atoms with Crippen molar-refractivity contribution in [2.24, 2.45) is 0 Å². The lowest BCUT2D eigenvalue weighted by Crippen LogP contribution is -2.41. The fourth-order valence-corrected chi connectivity index (χ4v) is 3.95. The van der Waals surface area contributed by atoms with E-state index in [1.54, 1.807) is 20.8 Å². The number of hydrogen-bond donors (Lipinski definition) is 2. The topological polar surface area (TPSA) is 112 Å². The molecule has 0 aliphatic carbocycles. The smallest absolute Gasteiger partial charge is 0.330 e. The number of aromatic nitrogens is 2. The van der Waals surface area contributed by atoms with Crippen LogP contribution in [-0.4, -0.2) is 57.2 Å². The molecular weight excluding hydrogens is 431 g/mol. The molecule has 30 heavy (non-hydrogen) atoms. The average molecular weight is 460 g/mol. The van der Waals surface area contributed by atoms with Crippen LogP contribution in [0.5, 0.6) is 0 Å². The molecule has 2 rings (SSSR count). The maximum Gasteiger partial charge on any atom is 0.330 e. The van der Waals surface area contributed by atoms with Crippen LogP contribution in [0.3, 0.4) is 0 Å². The normalized spacial score (nSPS) is 26.5. The second-order valence-electron chi connectivity index (χ2n) is 8.21. The Morgan fingerprint density at radius 1 is 1.40 bits per heavy atom. The molecule has 0 radical (unpaired) electrons. The number of rotatable bonds is 8. The van der Waals surface area contributed by atoms with Crippen molar-refractivity contribution in [3.8, 4) is 12.3 Å². The van der Waals surface area contributed by atoms with E-state index in [-0.39, 0.29) is 19.3 Å². The van der Waals surface area contributed by atoms with Gasteiger partial charge in [0.25, 0.3) is 5.56 Å². The summed E-state index contributed by atoms with van der Waals surface area (Å²) in [6.07, 6.45) is 3.18. The van der Waals surface area contributed by atoms with Gasteiger partial charge >= 0.3 is 5.69 Å². The van der Waals surface area contributed by atoms with E-state index < -0.39 is 47.4 Å². The standard InChI is InChI=1S/C19H29N2O7PS/c1-7-10-25-16-15(28-29(24,30)19(4,5)6)13(11-26-12(2)3)27-17(16)21-9-8-14(22)20-18(21)23/h1,8-9,12-13,15-17H,10-11H2,2-6H3,(H,24,30)(H,20,22,23)/t13-,15+,16?,17-,29?/m1/s1. The van der Waals surface area contributed by atoms with E-state index in [0.29, 0.717) is 0 Å². The Bertz CT molecular complexity index is 930. The Hall–Kier alpha value is -1.31. The minimum Gasteiger partial charge on any atom is -0.376 e. The molecule has 1 aliphatic rings. The predicted octanol–water partition coefficient (Wildman–Crippen LogP) is 1.36. The van der Waals surface area contributed by atoms with Crippen LogP contribution in [0.1, 0.15) is 40.8 Å². The van der Waals surface area contributed by atoms with Gasteiger partial charge in [-0.1, -0.05) is 26.7 Å². The van der Waals surface area contributed by atoms with E-state index in [4.69, 9.17) is 37.0 Å². The predicted molar refractivity (Wildman–Crippen MR) is 116 cm³/mol. The zero-order valence-corrected chi connectivity index (χ0v) is 19.4. The second kappa shape index (κ2) is 9.88. The molecule has 0 saturated carbocycles. The highest BCUT2D eigenvalue weighted by molar-refractivity contribution is 8.10. The van der Waals surface area contributed by atoms with Crippen LogP contribution >= 0.6 is 6.49 Å². The molecule has 0 amide bonds. The monoisotopic (exact) mass is 460 g/mol. The Balaban J connectivity index is 2.47. The first kappa shape index (κ1) is 25.0. The summed E-state index contributed by atoms with van der Waals surface area (Å²) in [4.78, 5) is 36.9. The molecule has 0 bridgehead atoms. The van der Waals surface area contributed by atoms with E-state index >= 15 is 0 Å². The number of hydrogen-bond acceptors (Lipinski definition) is 7. The maximum atomic E-state index is 12.4. The van der Waals surface area contributed by atoms with Crippen molar-refractivity contribution in [2.45, 2.75) is 70.4 Å². The van der Waals surface area contributed by atoms with Gasteiger partial charge in [0.2, 0.25) is 0 Å². The molecule has 1 saturated heterocycles. The first-order valence-corrected chi connectivity index (χ1v) is 12.2. The van der Waals surface area contributed by atoms with Gasteiger partial charge in [-0.3, -0.25) is 14.3 Å². The van der Waals surface area contributed by atoms with Crippen molar-refractivity contribution in [3.63, 3.8) is 0 Å². The SMILES string of the molecule is C#CCOC1[C@@H](OP(O)(=S)C(C)(C)C)[C@@H](COC(C)C)O[C@H]1n1ccc(=O)[nH]c1=O. The zero-order chi connectivity index (χ0) is 22.7. The van der Waals surface area contributed by atoms with E-state index in [1.807, 2.05) is 13.8 Å². The molecule has 11 heteroatoms. The fourth-order valence-electron chi connectivity index (χ4n) is 2.75. The van der Waals surface area contributed by atoms with Gasteiger partial charge in [-0.25, -0.2) is 4.79 Å². The van der Waals surface area contributed by atoms with Gasteiger partial charge in [0, 0.05) is 17.4 Å². The number of aromatic amines is 1. The number of nitrogens with zero attached hydrogens (tertiary/aromatic N) is 1. The van der Waals surface area contributed by atoms with E-state index in [1.165, 1.54) is 16.8 Å². The van der Waals surface area contributed by atoms with Gasteiger partial charge in [-0.2, -0.15) is 0 Å². The summed E-state index contributed by atoms with van der Waals surface area (Å²) in [5, 5.41) is -0.699. The average Bonchev–Trinajstić information content (AvgIpc) is 2.94. The van der Waals surface area contributed by atoms with Gasteiger partial charge in [-0.05, 0) is 25.7 Å². The summed E-state index contributed by atoms with van der Waals surface area (Å²) < 4.78 is 24.7. The van der Waals surface area contributed by atoms with Crippen LogP contribution in [0.15, 0.2) is 21.9 Å². The van der Waals surface area contributed by atoms with Crippen LogP contribution < -0.4 is 11.2 Å². The summed E-state index contributed by atoms with van der Waals surface area (Å²) in [6, 6.07) is 1.20. The number of ether oxygens (including phenoxy) is 3. The third-order valence-electron chi connectivity index (χ3n) is 4.48. The van der Waals surface area contributed by atoms with Crippen molar-refractivity contribution >= 4 is 18.3 Å². The lowest BCUT2D eigenvalue weighted by molar-refractivity contribution is -0.0816. The summed E-state index contributed by atoms with van der Waals surface area (Å²) in [6.45, 7) is 5.82. The lowest BCUT2D eigenvalue weighted by Gasteiger charge is -2.34. The van der Waals surface area contributed by atoms with Crippen molar-refractivity contribution in [3.05, 3.63) is 33.1 Å². The third-order valence-corrected chi connectivity index (χ3v) is 8.60. The number of terminal acetylenes is 1. The largest absolute Gasteiger partial charge is 0.376 e. The molecule has 0 aromatic carbocycles. The Kier molecular flexibility index (Phi) is 8.22. The molecule has 1 aromatic heterocycles. The van der Waals surface area contributed by atoms with Crippen LogP contribution in [-0.2, 0) is 30.5 Å². The minimum absolute atomic E-state index is 0.0793. The highest BCUT2D eigenvalue weighted by atomic mass is 32.5. The van der Waals surface area contributed by atoms with E-state index in [2.05, 4.69) is 10.9 Å². The molecule has 5 atom stereocenters. The molecule has 9 nitrogen and oxygen atoms in total. The summed E-state index contributed by atoms with van der Waals surface area (Å²) >= 11 is 5.41. The van der Waals surface area contributed by atoms with Crippen molar-refractivity contribution in [1.82, 2.24) is 9.55 Å². The molecule has 168 valence electrons. The highest BCUT2D eigenvalue weighted by Crippen LogP contribution is 2.58. The molecular formula is C19H29N2O7PS. The van der Waals surface area contributed by atoms with Crippen LogP contribution in [0, 0.1) is 12.3 Å². The second-order valence-corrected chi connectivity index (χ2v) is 12.3. The van der Waals surface area contributed by atoms with Gasteiger partial charge in [0.15, 0.2) is 12.7 Å². The fraction of sp³-hybridized carbons (Fsp3) is 0.684. The number of nitrogens with one attached hydrogen (secondary N) is 1. The molecule has 2 unspecified atom stereocenters. The zero-order valence-electron chi connectivity index (χ0n) is 17.7. The van der Waals surface area contributed by atoms with Crippen molar-refractivity contribution in [2.75, 3.05) is 13.2 Å². The first-order chi connectivity index (χ1) is 13.9. The summed E-state index contributed by atoms with van der Waals surface area (Å²) in [7, 11) is 0. The molecule has 2 N–H and O–H groups in total. The van der Waals surface area contributed by atoms with Gasteiger partial charge in [0.05, 0.1) is 12.7 Å². The van der Waals surface area contributed by atoms with Crippen LogP contribution in [0.25, 0.3) is 0 Å². The molecule has 2 heterocycles. The van der Waals surface area contributed by atoms with Crippen LogP contribution in [0.4, 0.5) is 0 Å². The molecule has 0 spiro atoms. The first-order valence-electron chi connectivity index (χ1n) is 9.52. The Labute approximate surface area is 180 Å². The Morgan fingerprint density at radius 2 is 2.07 bits per heavy atom. The lowest BCUT2D eigenvalue weighted by atomic mass is 10.1. The quantitative estimate of drug-likeness (QED) is 0.442. The number of H-pyrrole nitrogens is 1. The van der Waals surface area contributed by atoms with Gasteiger partial charge in [0.1, 0.15) is 24.9 Å². The maximum absolute atomic E-state index is 12.4. The molecule has 1 fully saturated rings. The van der Waals surface area contributed by atoms with Crippen molar-refractivity contribution < 1.29 is 23.6 Å². The highest BCUT2D eigenvalue weighted by Gasteiger charge is 2.51. The van der Waals surface area contributed by atoms with Crippen molar-refractivity contribution in [1.29, 1.82) is 0 Å². The van der Waals surface area contributed by atoms with E-state index in [9.17, 15) is 14.5 Å². The minimum atomic E-state index is -3.30. The van der Waals surface area contributed by atoms with Crippen LogP contribution in [0.2, 0.25) is 0 Å². The van der Waals surface area contributed by atoms with E-state index in [0.717, 1.165) is 0 Å². The van der Waals surface area contributed by atoms with Gasteiger partial charge in [-0.15, -0.1) is 6.42 Å². The summed E-state index contributed by atoms with van der Waals surface area (Å²) in [5.41, 5.74) is -1.22. The van der Waals surface area contributed by atoms with Gasteiger partial charge < -0.3 is 23.6 Å². The Morgan fingerprint density at radius 3 is 2.60 bits per heavy atom.